The zero-order chi connectivity index (χ0) is 8.70. The summed E-state index contributed by atoms with van der Waals surface area (Å²) in [5, 5.41) is 9.01. The predicted octanol–water partition coefficient (Wildman–Crippen LogP) is 1.96. The highest BCUT2D eigenvalue weighted by Gasteiger charge is 2.54. The third-order valence-corrected chi connectivity index (χ3v) is 2.79. The van der Waals surface area contributed by atoms with E-state index in [4.69, 9.17) is 10.00 Å². The van der Waals surface area contributed by atoms with Gasteiger partial charge in [-0.05, 0) is 12.3 Å². The number of rotatable bonds is 0. The topological polar surface area (TPSA) is 33.0 Å². The molecule has 11 heavy (non-hydrogen) atoms. The Hall–Kier alpha value is -0.550. The van der Waals surface area contributed by atoms with Gasteiger partial charge in [-0.15, -0.1) is 0 Å². The van der Waals surface area contributed by atoms with Crippen molar-refractivity contribution in [1.29, 1.82) is 5.26 Å². The first kappa shape index (κ1) is 8.55. The summed E-state index contributed by atoms with van der Waals surface area (Å²) in [6, 6.07) is 2.38. The van der Waals surface area contributed by atoms with Gasteiger partial charge in [-0.3, -0.25) is 0 Å². The first-order valence-corrected chi connectivity index (χ1v) is 3.97. The highest BCUT2D eigenvalue weighted by molar-refractivity contribution is 5.14. The van der Waals surface area contributed by atoms with Crippen LogP contribution in [-0.2, 0) is 4.74 Å². The molecule has 0 bridgehead atoms. The molecule has 0 saturated carbocycles. The van der Waals surface area contributed by atoms with Gasteiger partial charge in [-0.1, -0.05) is 20.8 Å². The molecule has 1 fully saturated rings. The molecule has 0 aromatic heterocycles. The van der Waals surface area contributed by atoms with E-state index in [1.165, 1.54) is 0 Å². The summed E-state index contributed by atoms with van der Waals surface area (Å²) < 4.78 is 5.24. The third kappa shape index (κ3) is 0.954. The Balaban J connectivity index is 2.88. The van der Waals surface area contributed by atoms with E-state index < -0.39 is 0 Å². The second-order valence-corrected chi connectivity index (χ2v) is 4.29. The van der Waals surface area contributed by atoms with E-state index in [2.05, 4.69) is 26.8 Å². The first-order chi connectivity index (χ1) is 4.94. The minimum absolute atomic E-state index is 0.0272. The fraction of sp³-hybridized carbons (Fsp3) is 0.889. The third-order valence-electron chi connectivity index (χ3n) is 2.79. The Bertz CT molecular complexity index is 199. The lowest BCUT2D eigenvalue weighted by atomic mass is 9.62. The molecule has 62 valence electrons. The highest BCUT2D eigenvalue weighted by Crippen LogP contribution is 2.48. The van der Waals surface area contributed by atoms with Crippen LogP contribution >= 0.6 is 0 Å². The van der Waals surface area contributed by atoms with Gasteiger partial charge in [0.05, 0.1) is 18.8 Å². The molecule has 1 rings (SSSR count). The average molecular weight is 153 g/mol. The first-order valence-electron chi connectivity index (χ1n) is 3.97. The number of hydrogen-bond donors (Lipinski definition) is 0. The van der Waals surface area contributed by atoms with E-state index in [0.29, 0.717) is 6.61 Å². The molecule has 0 N–H and O–H groups in total. The molecule has 0 amide bonds. The number of nitriles is 1. The van der Waals surface area contributed by atoms with Gasteiger partial charge < -0.3 is 4.74 Å². The molecule has 0 spiro atoms. The number of hydrogen-bond acceptors (Lipinski definition) is 2. The number of nitrogens with zero attached hydrogens (tertiary/aromatic N) is 1. The summed E-state index contributed by atoms with van der Waals surface area (Å²) in [6.07, 6.45) is 0.0903. The normalized spacial score (nSPS) is 37.5. The minimum atomic E-state index is -0.257. The predicted molar refractivity (Wildman–Crippen MR) is 42.9 cm³/mol. The van der Waals surface area contributed by atoms with Crippen molar-refractivity contribution in [2.75, 3.05) is 6.61 Å². The van der Waals surface area contributed by atoms with E-state index in [9.17, 15) is 0 Å². The van der Waals surface area contributed by atoms with Crippen molar-refractivity contribution < 1.29 is 4.74 Å². The van der Waals surface area contributed by atoms with Crippen molar-refractivity contribution in [1.82, 2.24) is 0 Å². The molecule has 1 aliphatic heterocycles. The van der Waals surface area contributed by atoms with Crippen molar-refractivity contribution in [3.05, 3.63) is 0 Å². The van der Waals surface area contributed by atoms with Gasteiger partial charge in [0.15, 0.2) is 0 Å². The minimum Gasteiger partial charge on any atom is -0.375 e. The van der Waals surface area contributed by atoms with Crippen LogP contribution in [0, 0.1) is 22.2 Å². The molecule has 0 radical (unpaired) electrons. The van der Waals surface area contributed by atoms with Gasteiger partial charge in [0.25, 0.3) is 0 Å². The summed E-state index contributed by atoms with van der Waals surface area (Å²) >= 11 is 0. The molecular formula is C9H15NO. The maximum Gasteiger partial charge on any atom is 0.111 e. The Morgan fingerprint density at radius 2 is 2.09 bits per heavy atom. The zero-order valence-corrected chi connectivity index (χ0v) is 7.64. The molecule has 0 aromatic rings. The largest absolute Gasteiger partial charge is 0.375 e. The Kier molecular flexibility index (Phi) is 1.72. The van der Waals surface area contributed by atoms with Crippen LogP contribution in [0.2, 0.25) is 0 Å². The molecule has 1 saturated heterocycles. The molecule has 0 aliphatic carbocycles. The van der Waals surface area contributed by atoms with Crippen LogP contribution in [0.3, 0.4) is 0 Å². The lowest BCUT2D eigenvalue weighted by Crippen LogP contribution is -2.56. The van der Waals surface area contributed by atoms with Gasteiger partial charge >= 0.3 is 0 Å². The molecule has 1 heterocycles. The fourth-order valence-corrected chi connectivity index (χ4v) is 1.53. The molecule has 0 unspecified atom stereocenters. The van der Waals surface area contributed by atoms with E-state index in [0.717, 1.165) is 0 Å². The van der Waals surface area contributed by atoms with Gasteiger partial charge in [0, 0.05) is 0 Å². The summed E-state index contributed by atoms with van der Waals surface area (Å²) in [6.45, 7) is 8.84. The lowest BCUT2D eigenvalue weighted by Gasteiger charge is -2.50. The average Bonchev–Trinajstić information content (AvgIpc) is 1.84. The van der Waals surface area contributed by atoms with Gasteiger partial charge in [-0.2, -0.15) is 5.26 Å². The maximum atomic E-state index is 9.01. The van der Waals surface area contributed by atoms with Crippen LogP contribution in [0.25, 0.3) is 0 Å². The van der Waals surface area contributed by atoms with Crippen LogP contribution < -0.4 is 0 Å². The molecule has 2 heteroatoms. The summed E-state index contributed by atoms with van der Waals surface area (Å²) in [5.41, 5.74) is -0.230. The molecule has 1 aliphatic rings. The molecular weight excluding hydrogens is 138 g/mol. The zero-order valence-electron chi connectivity index (χ0n) is 7.64. The van der Waals surface area contributed by atoms with Crippen molar-refractivity contribution in [2.45, 2.75) is 33.8 Å². The summed E-state index contributed by atoms with van der Waals surface area (Å²) in [4.78, 5) is 0. The van der Waals surface area contributed by atoms with Crippen molar-refractivity contribution in [2.24, 2.45) is 10.8 Å². The van der Waals surface area contributed by atoms with Gasteiger partial charge in [-0.25, -0.2) is 0 Å². The van der Waals surface area contributed by atoms with Crippen LogP contribution in [0.4, 0.5) is 0 Å². The van der Waals surface area contributed by atoms with Crippen molar-refractivity contribution >= 4 is 0 Å². The standard InChI is InChI=1S/C9H15NO/c1-7-9(5-10,6-11-7)8(2,3)4/h7H,6H2,1-4H3/t7-,9+/m0/s1. The van der Waals surface area contributed by atoms with Crippen molar-refractivity contribution in [3.63, 3.8) is 0 Å². The van der Waals surface area contributed by atoms with E-state index in [-0.39, 0.29) is 16.9 Å². The van der Waals surface area contributed by atoms with E-state index in [1.807, 2.05) is 6.92 Å². The second kappa shape index (κ2) is 2.22. The summed E-state index contributed by atoms with van der Waals surface area (Å²) in [7, 11) is 0. The van der Waals surface area contributed by atoms with E-state index in [1.54, 1.807) is 0 Å². The second-order valence-electron chi connectivity index (χ2n) is 4.29. The van der Waals surface area contributed by atoms with E-state index >= 15 is 0 Å². The number of ether oxygens (including phenoxy) is 1. The Labute approximate surface area is 68.2 Å². The molecule has 0 aromatic carbocycles. The fourth-order valence-electron chi connectivity index (χ4n) is 1.53. The molecule has 2 atom stereocenters. The Morgan fingerprint density at radius 3 is 2.09 bits per heavy atom. The van der Waals surface area contributed by atoms with Gasteiger partial charge in [0.1, 0.15) is 5.41 Å². The summed E-state index contributed by atoms with van der Waals surface area (Å²) in [5.74, 6) is 0. The Morgan fingerprint density at radius 1 is 1.55 bits per heavy atom. The maximum absolute atomic E-state index is 9.01. The molecule has 2 nitrogen and oxygen atoms in total. The van der Waals surface area contributed by atoms with Crippen LogP contribution in [-0.4, -0.2) is 12.7 Å². The van der Waals surface area contributed by atoms with Gasteiger partial charge in [0.2, 0.25) is 0 Å². The van der Waals surface area contributed by atoms with Crippen LogP contribution in [0.5, 0.6) is 0 Å². The smallest absolute Gasteiger partial charge is 0.111 e. The lowest BCUT2D eigenvalue weighted by molar-refractivity contribution is -0.191. The van der Waals surface area contributed by atoms with Crippen LogP contribution in [0.15, 0.2) is 0 Å². The van der Waals surface area contributed by atoms with Crippen LogP contribution in [0.1, 0.15) is 27.7 Å². The highest BCUT2D eigenvalue weighted by atomic mass is 16.5. The quantitative estimate of drug-likeness (QED) is 0.533. The SMILES string of the molecule is C[C@@H]1OC[C@@]1(C#N)C(C)(C)C. The van der Waals surface area contributed by atoms with Crippen molar-refractivity contribution in [3.8, 4) is 6.07 Å². The monoisotopic (exact) mass is 153 g/mol.